The molecule has 2 heterocycles. The lowest BCUT2D eigenvalue weighted by Crippen LogP contribution is -2.56. The minimum Gasteiger partial charge on any atom is -0.381 e. The van der Waals surface area contributed by atoms with E-state index in [0.717, 1.165) is 52.4 Å². The third-order valence-corrected chi connectivity index (χ3v) is 4.79. The van der Waals surface area contributed by atoms with Gasteiger partial charge >= 0.3 is 6.03 Å². The summed E-state index contributed by atoms with van der Waals surface area (Å²) >= 11 is 0. The van der Waals surface area contributed by atoms with Crippen molar-refractivity contribution in [2.24, 2.45) is 5.92 Å². The number of carbonyl (C=O) groups is 1. The first-order valence-corrected chi connectivity index (χ1v) is 8.61. The molecule has 0 aromatic heterocycles. The van der Waals surface area contributed by atoms with Gasteiger partial charge in [0.2, 0.25) is 0 Å². The number of hydrogen-bond donors (Lipinski definition) is 1. The molecule has 1 aromatic rings. The van der Waals surface area contributed by atoms with Crippen LogP contribution in [0.25, 0.3) is 0 Å². The van der Waals surface area contributed by atoms with Crippen molar-refractivity contribution in [3.05, 3.63) is 35.9 Å². The Balaban J connectivity index is 1.45. The van der Waals surface area contributed by atoms with Crippen molar-refractivity contribution in [3.63, 3.8) is 0 Å². The second-order valence-corrected chi connectivity index (χ2v) is 6.68. The van der Waals surface area contributed by atoms with Gasteiger partial charge in [0.15, 0.2) is 0 Å². The number of urea groups is 1. The third kappa shape index (κ3) is 4.45. The summed E-state index contributed by atoms with van der Waals surface area (Å²) in [6, 6.07) is 10.8. The zero-order valence-corrected chi connectivity index (χ0v) is 13.9. The lowest BCUT2D eigenvalue weighted by atomic mass is 10.1. The monoisotopic (exact) mass is 317 g/mol. The Bertz CT molecular complexity index is 502. The topological polar surface area (TPSA) is 44.8 Å². The molecule has 0 bridgehead atoms. The number of amides is 2. The molecule has 126 valence electrons. The van der Waals surface area contributed by atoms with E-state index in [0.29, 0.717) is 5.92 Å². The van der Waals surface area contributed by atoms with Gasteiger partial charge < -0.3 is 15.0 Å². The summed E-state index contributed by atoms with van der Waals surface area (Å²) < 4.78 is 5.36. The maximum Gasteiger partial charge on any atom is 0.317 e. The van der Waals surface area contributed by atoms with Crippen molar-refractivity contribution in [1.82, 2.24) is 15.1 Å². The summed E-state index contributed by atoms with van der Waals surface area (Å²) in [5, 5.41) is 3.08. The Morgan fingerprint density at radius 2 is 2.13 bits per heavy atom. The van der Waals surface area contributed by atoms with Crippen molar-refractivity contribution in [1.29, 1.82) is 0 Å². The van der Waals surface area contributed by atoms with E-state index in [1.54, 1.807) is 0 Å². The minimum absolute atomic E-state index is 0.0729. The van der Waals surface area contributed by atoms with E-state index in [-0.39, 0.29) is 12.1 Å². The van der Waals surface area contributed by atoms with E-state index in [1.165, 1.54) is 5.56 Å². The lowest BCUT2D eigenvalue weighted by Gasteiger charge is -2.40. The second-order valence-electron chi connectivity index (χ2n) is 6.68. The Hall–Kier alpha value is -1.59. The highest BCUT2D eigenvalue weighted by molar-refractivity contribution is 5.74. The van der Waals surface area contributed by atoms with Gasteiger partial charge in [0.1, 0.15) is 0 Å². The predicted molar refractivity (Wildman–Crippen MR) is 90.2 cm³/mol. The minimum atomic E-state index is 0.0729. The largest absolute Gasteiger partial charge is 0.381 e. The molecule has 2 fully saturated rings. The Kier molecular flexibility index (Phi) is 5.51. The smallest absolute Gasteiger partial charge is 0.317 e. The second kappa shape index (κ2) is 7.79. The van der Waals surface area contributed by atoms with Crippen LogP contribution in [-0.2, 0) is 11.3 Å². The molecule has 2 amide bonds. The number of nitrogens with zero attached hydrogens (tertiary/aromatic N) is 2. The highest BCUT2D eigenvalue weighted by Crippen LogP contribution is 2.14. The fourth-order valence-electron chi connectivity index (χ4n) is 3.40. The van der Waals surface area contributed by atoms with E-state index in [4.69, 9.17) is 4.74 Å². The molecule has 3 rings (SSSR count). The Morgan fingerprint density at radius 1 is 1.30 bits per heavy atom. The molecule has 0 spiro atoms. The van der Waals surface area contributed by atoms with Crippen LogP contribution in [0.1, 0.15) is 18.9 Å². The number of ether oxygens (including phenoxy) is 1. The molecular weight excluding hydrogens is 290 g/mol. The summed E-state index contributed by atoms with van der Waals surface area (Å²) in [6.07, 6.45) is 1.06. The Morgan fingerprint density at radius 3 is 2.83 bits per heavy atom. The molecule has 5 nitrogen and oxygen atoms in total. The maximum absolute atomic E-state index is 12.4. The molecule has 2 aliphatic heterocycles. The fraction of sp³-hybridized carbons (Fsp3) is 0.611. The van der Waals surface area contributed by atoms with Crippen LogP contribution in [0.15, 0.2) is 30.3 Å². The molecule has 0 radical (unpaired) electrons. The number of rotatable bonds is 4. The first kappa shape index (κ1) is 16.3. The van der Waals surface area contributed by atoms with Crippen molar-refractivity contribution in [2.75, 3.05) is 39.4 Å². The highest BCUT2D eigenvalue weighted by atomic mass is 16.5. The van der Waals surface area contributed by atoms with Crippen LogP contribution >= 0.6 is 0 Å². The average Bonchev–Trinajstić information content (AvgIpc) is 3.07. The summed E-state index contributed by atoms with van der Waals surface area (Å²) in [4.78, 5) is 16.8. The first-order valence-electron chi connectivity index (χ1n) is 8.61. The van der Waals surface area contributed by atoms with E-state index in [9.17, 15) is 4.79 Å². The summed E-state index contributed by atoms with van der Waals surface area (Å²) in [6.45, 7) is 8.08. The van der Waals surface area contributed by atoms with E-state index < -0.39 is 0 Å². The quantitative estimate of drug-likeness (QED) is 0.923. The fourth-order valence-corrected chi connectivity index (χ4v) is 3.40. The van der Waals surface area contributed by atoms with Gasteiger partial charge in [0, 0.05) is 51.3 Å². The number of benzene rings is 1. The van der Waals surface area contributed by atoms with Gasteiger partial charge in [-0.1, -0.05) is 30.3 Å². The zero-order valence-electron chi connectivity index (χ0n) is 13.9. The third-order valence-electron chi connectivity index (χ3n) is 4.79. The van der Waals surface area contributed by atoms with Crippen molar-refractivity contribution >= 4 is 6.03 Å². The molecular formula is C18H27N3O2. The molecule has 5 heteroatoms. The number of carbonyl (C=O) groups excluding carboxylic acids is 1. The van der Waals surface area contributed by atoms with Gasteiger partial charge in [-0.3, -0.25) is 4.90 Å². The molecule has 23 heavy (non-hydrogen) atoms. The van der Waals surface area contributed by atoms with Gasteiger partial charge in [-0.2, -0.15) is 0 Å². The number of piperazine rings is 1. The summed E-state index contributed by atoms with van der Waals surface area (Å²) in [5.41, 5.74) is 1.33. The number of hydrogen-bond acceptors (Lipinski definition) is 3. The SMILES string of the molecule is C[C@@H]1CN(Cc2ccccc2)CCN1C(=O)NCC1CCOC1. The van der Waals surface area contributed by atoms with Crippen LogP contribution in [0.2, 0.25) is 0 Å². The Labute approximate surface area is 138 Å². The summed E-state index contributed by atoms with van der Waals surface area (Å²) in [5.74, 6) is 0.480. The van der Waals surface area contributed by atoms with Gasteiger partial charge in [-0.15, -0.1) is 0 Å². The van der Waals surface area contributed by atoms with Crippen LogP contribution in [-0.4, -0.2) is 61.3 Å². The highest BCUT2D eigenvalue weighted by Gasteiger charge is 2.28. The molecule has 1 N–H and O–H groups in total. The zero-order chi connectivity index (χ0) is 16.1. The normalized spacial score (nSPS) is 25.5. The van der Waals surface area contributed by atoms with E-state index in [1.807, 2.05) is 11.0 Å². The molecule has 1 unspecified atom stereocenters. The lowest BCUT2D eigenvalue weighted by molar-refractivity contribution is 0.0967. The van der Waals surface area contributed by atoms with Crippen LogP contribution in [0.5, 0.6) is 0 Å². The van der Waals surface area contributed by atoms with Gasteiger partial charge in [0.25, 0.3) is 0 Å². The molecule has 2 aliphatic rings. The van der Waals surface area contributed by atoms with Crippen LogP contribution < -0.4 is 5.32 Å². The number of nitrogens with one attached hydrogen (secondary N) is 1. The van der Waals surface area contributed by atoms with E-state index in [2.05, 4.69) is 41.4 Å². The average molecular weight is 317 g/mol. The van der Waals surface area contributed by atoms with Crippen molar-refractivity contribution < 1.29 is 9.53 Å². The molecule has 1 aromatic carbocycles. The molecule has 0 aliphatic carbocycles. The molecule has 0 saturated carbocycles. The van der Waals surface area contributed by atoms with Crippen molar-refractivity contribution in [2.45, 2.75) is 25.9 Å². The van der Waals surface area contributed by atoms with Gasteiger partial charge in [-0.25, -0.2) is 4.79 Å². The predicted octanol–water partition coefficient (Wildman–Crippen LogP) is 1.94. The van der Waals surface area contributed by atoms with Crippen LogP contribution in [0.3, 0.4) is 0 Å². The van der Waals surface area contributed by atoms with Crippen LogP contribution in [0, 0.1) is 5.92 Å². The van der Waals surface area contributed by atoms with Crippen LogP contribution in [0.4, 0.5) is 4.79 Å². The first-order chi connectivity index (χ1) is 11.2. The van der Waals surface area contributed by atoms with Gasteiger partial charge in [0.05, 0.1) is 6.61 Å². The maximum atomic E-state index is 12.4. The summed E-state index contributed by atoms with van der Waals surface area (Å²) in [7, 11) is 0. The molecule has 2 atom stereocenters. The standard InChI is InChI=1S/C18H27N3O2/c1-15-12-20(13-16-5-3-2-4-6-16)8-9-21(15)18(22)19-11-17-7-10-23-14-17/h2-6,15,17H,7-14H2,1H3,(H,19,22)/t15-,17?/m1/s1. The van der Waals surface area contributed by atoms with Crippen molar-refractivity contribution in [3.8, 4) is 0 Å². The molecule has 2 saturated heterocycles. The van der Waals surface area contributed by atoms with Gasteiger partial charge in [-0.05, 0) is 18.9 Å². The van der Waals surface area contributed by atoms with E-state index >= 15 is 0 Å².